The van der Waals surface area contributed by atoms with Crippen LogP contribution in [0.1, 0.15) is 0 Å². The molecule has 1 aliphatic heterocycles. The first-order chi connectivity index (χ1) is 15.0. The van der Waals surface area contributed by atoms with Crippen LogP contribution in [0.2, 0.25) is 0 Å². The van der Waals surface area contributed by atoms with E-state index in [0.29, 0.717) is 0 Å². The van der Waals surface area contributed by atoms with Gasteiger partial charge in [0.05, 0.1) is 16.2 Å². The molecule has 0 fully saturated rings. The van der Waals surface area contributed by atoms with Gasteiger partial charge in [0.15, 0.2) is 11.5 Å². The van der Waals surface area contributed by atoms with Gasteiger partial charge >= 0.3 is 16.2 Å². The van der Waals surface area contributed by atoms with Crippen LogP contribution < -0.4 is 25.9 Å². The number of hydrogen-bond donors (Lipinski definition) is 5. The van der Waals surface area contributed by atoms with Crippen LogP contribution in [0.3, 0.4) is 0 Å². The van der Waals surface area contributed by atoms with Crippen molar-refractivity contribution >= 4 is 49.5 Å². The van der Waals surface area contributed by atoms with Crippen LogP contribution >= 0.6 is 15.9 Å². The minimum atomic E-state index is -4.45. The molecule has 1 aliphatic rings. The van der Waals surface area contributed by atoms with E-state index in [9.17, 15) is 22.9 Å². The lowest BCUT2D eigenvalue weighted by molar-refractivity contribution is -0.401. The highest BCUT2D eigenvalue weighted by Crippen LogP contribution is 2.36. The largest absolute Gasteiger partial charge is 0.434 e. The Bertz CT molecular complexity index is 1200. The zero-order valence-corrected chi connectivity index (χ0v) is 18.2. The molecule has 0 spiro atoms. The van der Waals surface area contributed by atoms with Gasteiger partial charge in [0, 0.05) is 19.2 Å². The van der Waals surface area contributed by atoms with Crippen molar-refractivity contribution < 1.29 is 31.6 Å². The average Bonchev–Trinajstić information content (AvgIpc) is 3.31. The second-order valence-electron chi connectivity index (χ2n) is 6.04. The molecule has 2 aromatic rings. The van der Waals surface area contributed by atoms with E-state index in [0.717, 1.165) is 22.3 Å². The lowest BCUT2D eigenvalue weighted by Crippen LogP contribution is -2.35. The fourth-order valence-electron chi connectivity index (χ4n) is 2.57. The van der Waals surface area contributed by atoms with Crippen LogP contribution in [0.25, 0.3) is 0 Å². The molecule has 0 unspecified atom stereocenters. The van der Waals surface area contributed by atoms with Gasteiger partial charge in [-0.05, 0) is 34.1 Å². The van der Waals surface area contributed by atoms with E-state index < -0.39 is 32.8 Å². The number of hydrogen-bond acceptors (Lipinski definition) is 10. The summed E-state index contributed by atoms with van der Waals surface area (Å²) in [6, 6.07) is 6.08. The highest BCUT2D eigenvalue weighted by Gasteiger charge is 2.37. The first kappa shape index (κ1) is 23.4. The molecule has 0 radical (unpaired) electrons. The third-order valence-corrected chi connectivity index (χ3v) is 5.02. The summed E-state index contributed by atoms with van der Waals surface area (Å²) < 4.78 is 51.2. The summed E-state index contributed by atoms with van der Waals surface area (Å²) in [5, 5.41) is 23.7. The summed E-state index contributed by atoms with van der Waals surface area (Å²) in [7, 11) is -4.45. The molecule has 14 nitrogen and oxygen atoms in total. The number of hydroxylamine groups is 2. The molecule has 1 aromatic heterocycles. The van der Waals surface area contributed by atoms with Crippen molar-refractivity contribution in [2.45, 2.75) is 0 Å². The van der Waals surface area contributed by atoms with Gasteiger partial charge in [0.2, 0.25) is 5.88 Å². The van der Waals surface area contributed by atoms with E-state index in [4.69, 9.17) is 25.1 Å². The maximum absolute atomic E-state index is 13.7. The number of nitrogens with one attached hydrogen (secondary N) is 3. The summed E-state index contributed by atoms with van der Waals surface area (Å²) in [6.45, 7) is -0.405. The van der Waals surface area contributed by atoms with E-state index in [1.807, 2.05) is 4.72 Å². The molecule has 0 saturated heterocycles. The van der Waals surface area contributed by atoms with E-state index in [-0.39, 0.29) is 40.7 Å². The first-order valence-corrected chi connectivity index (χ1v) is 10.7. The standard InChI is InChI=1S/C15H15BrFN7O7S/c16-9-7-8(1-2-10(9)17)22-13(14(18)19)15(20-5-6-21-32(27,28)29)23(31-22)11-3-4-12(30-11)24(25)26/h1-4,7,20-21H,5-6H2,(H3,18,19)(H,27,28,29). The van der Waals surface area contributed by atoms with Crippen LogP contribution in [-0.4, -0.2) is 36.8 Å². The number of nitrogens with two attached hydrogens (primary N) is 1. The molecule has 6 N–H and O–H groups in total. The number of benzene rings is 1. The fraction of sp³-hybridized carbons (Fsp3) is 0.133. The Hall–Kier alpha value is -3.25. The molecule has 172 valence electrons. The summed E-state index contributed by atoms with van der Waals surface area (Å²) in [5.41, 5.74) is 5.85. The average molecular weight is 536 g/mol. The molecule has 3 rings (SSSR count). The molecule has 0 bridgehead atoms. The summed E-state index contributed by atoms with van der Waals surface area (Å²) in [6.07, 6.45) is 0. The van der Waals surface area contributed by atoms with Crippen LogP contribution in [0.5, 0.6) is 0 Å². The number of nitrogens with zero attached hydrogens (tertiary/aromatic N) is 3. The number of amidine groups is 1. The van der Waals surface area contributed by atoms with Crippen molar-refractivity contribution in [2.24, 2.45) is 5.73 Å². The third-order valence-electron chi connectivity index (χ3n) is 3.85. The van der Waals surface area contributed by atoms with E-state index in [1.54, 1.807) is 0 Å². The maximum atomic E-state index is 13.7. The number of rotatable bonds is 9. The minimum absolute atomic E-state index is 0.0423. The lowest BCUT2D eigenvalue weighted by atomic mass is 10.2. The van der Waals surface area contributed by atoms with E-state index in [1.165, 1.54) is 18.2 Å². The molecule has 32 heavy (non-hydrogen) atoms. The van der Waals surface area contributed by atoms with E-state index >= 15 is 0 Å². The van der Waals surface area contributed by atoms with Crippen molar-refractivity contribution in [3.05, 3.63) is 62.3 Å². The van der Waals surface area contributed by atoms with Gasteiger partial charge in [-0.15, -0.1) is 10.0 Å². The van der Waals surface area contributed by atoms with Gasteiger partial charge < -0.3 is 15.5 Å². The molecule has 0 aliphatic carbocycles. The Balaban J connectivity index is 2.01. The highest BCUT2D eigenvalue weighted by atomic mass is 79.9. The fourth-order valence-corrected chi connectivity index (χ4v) is 3.30. The zero-order chi connectivity index (χ0) is 23.6. The molecule has 0 atom stereocenters. The van der Waals surface area contributed by atoms with Gasteiger partial charge in [-0.25, -0.2) is 4.39 Å². The van der Waals surface area contributed by atoms with Crippen LogP contribution in [-0.2, 0) is 15.2 Å². The van der Waals surface area contributed by atoms with Gasteiger partial charge in [-0.2, -0.15) is 18.2 Å². The van der Waals surface area contributed by atoms with Crippen molar-refractivity contribution in [2.75, 3.05) is 23.2 Å². The molecule has 2 heterocycles. The van der Waals surface area contributed by atoms with Crippen LogP contribution in [0, 0.1) is 21.3 Å². The first-order valence-electron chi connectivity index (χ1n) is 8.50. The quantitative estimate of drug-likeness (QED) is 0.0774. The number of nitro groups is 1. The van der Waals surface area contributed by atoms with Gasteiger partial charge in [-0.1, -0.05) is 0 Å². The molecule has 17 heteroatoms. The summed E-state index contributed by atoms with van der Waals surface area (Å²) in [5.74, 6) is -1.89. The van der Waals surface area contributed by atoms with Crippen molar-refractivity contribution in [1.29, 1.82) is 5.41 Å². The topological polar surface area (TPSA) is 200 Å². The second kappa shape index (κ2) is 9.09. The third kappa shape index (κ3) is 5.14. The van der Waals surface area contributed by atoms with Crippen molar-refractivity contribution in [1.82, 2.24) is 10.0 Å². The maximum Gasteiger partial charge on any atom is 0.434 e. The smallest absolute Gasteiger partial charge is 0.382 e. The Morgan fingerprint density at radius 1 is 1.31 bits per heavy atom. The number of furan rings is 1. The highest BCUT2D eigenvalue weighted by molar-refractivity contribution is 9.10. The second-order valence-corrected chi connectivity index (χ2v) is 8.14. The van der Waals surface area contributed by atoms with Crippen molar-refractivity contribution in [3.63, 3.8) is 0 Å². The molecular formula is C15H15BrFN7O7S. The Labute approximate surface area is 188 Å². The van der Waals surface area contributed by atoms with E-state index in [2.05, 4.69) is 21.2 Å². The number of halogens is 2. The predicted octanol–water partition coefficient (Wildman–Crippen LogP) is 1.35. The molecule has 0 amide bonds. The van der Waals surface area contributed by atoms with Crippen LogP contribution in [0.4, 0.5) is 21.8 Å². The normalized spacial score (nSPS) is 14.2. The Morgan fingerprint density at radius 2 is 2.03 bits per heavy atom. The Morgan fingerprint density at radius 3 is 2.59 bits per heavy atom. The van der Waals surface area contributed by atoms with Gasteiger partial charge in [-0.3, -0.25) is 20.1 Å². The lowest BCUT2D eigenvalue weighted by Gasteiger charge is -2.20. The monoisotopic (exact) mass is 535 g/mol. The molecule has 1 aromatic carbocycles. The zero-order valence-electron chi connectivity index (χ0n) is 15.8. The SMILES string of the molecule is N=C(N)C1=C(NCCNS(=O)(=O)O)N(c2ccc([N+](=O)[O-])o2)ON1c1ccc(F)c(Br)c1. The van der Waals surface area contributed by atoms with Crippen molar-refractivity contribution in [3.8, 4) is 0 Å². The predicted molar refractivity (Wildman–Crippen MR) is 112 cm³/mol. The Kier molecular flexibility index (Phi) is 6.65. The number of anilines is 2. The van der Waals surface area contributed by atoms with Crippen LogP contribution in [0.15, 0.2) is 50.7 Å². The molecule has 0 saturated carbocycles. The van der Waals surface area contributed by atoms with Gasteiger partial charge in [0.25, 0.3) is 0 Å². The molecular weight excluding hydrogens is 521 g/mol. The minimum Gasteiger partial charge on any atom is -0.382 e. The summed E-state index contributed by atoms with van der Waals surface area (Å²) >= 11 is 3.04. The van der Waals surface area contributed by atoms with Gasteiger partial charge in [0.1, 0.15) is 16.6 Å². The summed E-state index contributed by atoms with van der Waals surface area (Å²) in [4.78, 5) is 15.9.